The molecule has 0 saturated heterocycles. The van der Waals surface area contributed by atoms with Gasteiger partial charge >= 0.3 is 5.97 Å². The zero-order valence-corrected chi connectivity index (χ0v) is 18.8. The van der Waals surface area contributed by atoms with Gasteiger partial charge in [0.1, 0.15) is 22.9 Å². The van der Waals surface area contributed by atoms with Crippen LogP contribution in [0.4, 0.5) is 5.69 Å². The van der Waals surface area contributed by atoms with Gasteiger partial charge in [0.05, 0.1) is 29.3 Å². The molecule has 34 heavy (non-hydrogen) atoms. The van der Waals surface area contributed by atoms with Crippen LogP contribution in [0.3, 0.4) is 0 Å². The number of aromatic nitrogens is 2. The summed E-state index contributed by atoms with van der Waals surface area (Å²) in [6.45, 7) is 3.39. The molecule has 9 heteroatoms. The zero-order valence-electron chi connectivity index (χ0n) is 18.8. The second kappa shape index (κ2) is 8.84. The number of nitriles is 1. The van der Waals surface area contributed by atoms with Gasteiger partial charge in [-0.15, -0.1) is 0 Å². The predicted octanol–water partition coefficient (Wildman–Crippen LogP) is 3.74. The number of aryl methyl sites for hydroxylation is 2. The molecular weight excluding hydrogens is 436 g/mol. The highest BCUT2D eigenvalue weighted by molar-refractivity contribution is 5.94. The number of aromatic carboxylic acids is 1. The Morgan fingerprint density at radius 1 is 1.29 bits per heavy atom. The van der Waals surface area contributed by atoms with Crippen molar-refractivity contribution in [3.05, 3.63) is 80.6 Å². The minimum atomic E-state index is -1.06. The number of carboxylic acid groups (broad SMARTS) is 1. The zero-order chi connectivity index (χ0) is 24.6. The Morgan fingerprint density at radius 3 is 2.68 bits per heavy atom. The van der Waals surface area contributed by atoms with E-state index in [1.165, 1.54) is 10.7 Å². The normalized spacial score (nSPS) is 11.9. The van der Waals surface area contributed by atoms with E-state index >= 15 is 0 Å². The maximum Gasteiger partial charge on any atom is 0.337 e. The first kappa shape index (κ1) is 22.8. The van der Waals surface area contributed by atoms with Gasteiger partial charge in [-0.25, -0.2) is 4.79 Å². The molecule has 0 radical (unpaired) electrons. The number of benzene rings is 2. The van der Waals surface area contributed by atoms with Gasteiger partial charge in [0, 0.05) is 18.3 Å². The molecule has 2 aromatic carbocycles. The van der Waals surface area contributed by atoms with E-state index in [-0.39, 0.29) is 40.2 Å². The second-order valence-electron chi connectivity index (χ2n) is 8.00. The van der Waals surface area contributed by atoms with Crippen LogP contribution in [-0.4, -0.2) is 26.0 Å². The fraction of sp³-hybridized carbons (Fsp3) is 0.200. The number of rotatable bonds is 6. The molecule has 2 heterocycles. The number of para-hydroxylation sites is 1. The van der Waals surface area contributed by atoms with Crippen molar-refractivity contribution < 1.29 is 19.4 Å². The Labute approximate surface area is 194 Å². The summed E-state index contributed by atoms with van der Waals surface area (Å²) in [5.74, 6) is -1.05. The number of anilines is 1. The van der Waals surface area contributed by atoms with Gasteiger partial charge in [0.2, 0.25) is 5.43 Å². The topological polar surface area (TPSA) is 141 Å². The van der Waals surface area contributed by atoms with Crippen LogP contribution in [0.25, 0.3) is 22.4 Å². The minimum Gasteiger partial charge on any atom is -0.478 e. The molecule has 3 N–H and O–H groups in total. The number of nitrogens with one attached hydrogen (secondary N) is 1. The van der Waals surface area contributed by atoms with E-state index in [4.69, 9.17) is 4.42 Å². The molecule has 0 spiro atoms. The molecule has 9 nitrogen and oxygen atoms in total. The lowest BCUT2D eigenvalue weighted by atomic mass is 9.99. The van der Waals surface area contributed by atoms with Gasteiger partial charge in [-0.2, -0.15) is 10.4 Å². The van der Waals surface area contributed by atoms with E-state index in [2.05, 4.69) is 10.4 Å². The Kier molecular flexibility index (Phi) is 5.92. The monoisotopic (exact) mass is 458 g/mol. The standard InChI is InChI=1S/C25H22N4O5/c1-13-8-17(14(2)27-20-7-5-4-6-16(20)25(32)33)23-18(9-13)22(31)19(11-26)24(34-23)21-10-15(12-30)29(3)28-21/h4-10,14,27,30H,12H2,1-3H3,(H,32,33)/t14-/m1/s1. The third kappa shape index (κ3) is 3.91. The predicted molar refractivity (Wildman–Crippen MR) is 125 cm³/mol. The number of nitrogens with zero attached hydrogens (tertiary/aromatic N) is 3. The van der Waals surface area contributed by atoms with Crippen molar-refractivity contribution in [1.82, 2.24) is 9.78 Å². The molecule has 1 atom stereocenters. The Balaban J connectivity index is 1.93. The quantitative estimate of drug-likeness (QED) is 0.397. The number of hydrogen-bond acceptors (Lipinski definition) is 7. The first-order valence-electron chi connectivity index (χ1n) is 10.5. The van der Waals surface area contributed by atoms with Crippen LogP contribution in [0.15, 0.2) is 51.7 Å². The Hall–Kier alpha value is -4.42. The highest BCUT2D eigenvalue weighted by Gasteiger charge is 2.23. The summed E-state index contributed by atoms with van der Waals surface area (Å²) in [6, 6.07) is 13.1. The smallest absolute Gasteiger partial charge is 0.337 e. The Morgan fingerprint density at radius 2 is 2.03 bits per heavy atom. The molecule has 4 aromatic rings. The van der Waals surface area contributed by atoms with Crippen LogP contribution in [0.2, 0.25) is 0 Å². The van der Waals surface area contributed by atoms with Crippen LogP contribution < -0.4 is 10.7 Å². The number of aliphatic hydroxyl groups excluding tert-OH is 1. The number of carbonyl (C=O) groups is 1. The lowest BCUT2D eigenvalue weighted by Gasteiger charge is -2.19. The molecule has 0 aliphatic rings. The van der Waals surface area contributed by atoms with Crippen LogP contribution in [-0.2, 0) is 13.7 Å². The van der Waals surface area contributed by atoms with Crippen molar-refractivity contribution in [3.8, 4) is 17.5 Å². The van der Waals surface area contributed by atoms with E-state index < -0.39 is 17.4 Å². The van der Waals surface area contributed by atoms with Crippen molar-refractivity contribution in [2.24, 2.45) is 7.05 Å². The molecule has 0 saturated carbocycles. The van der Waals surface area contributed by atoms with Gasteiger partial charge in [0.25, 0.3) is 0 Å². The summed E-state index contributed by atoms with van der Waals surface area (Å²) in [4.78, 5) is 24.9. The molecular formula is C25H22N4O5. The maximum atomic E-state index is 13.3. The molecule has 0 bridgehead atoms. The summed E-state index contributed by atoms with van der Waals surface area (Å²) in [7, 11) is 1.64. The molecule has 0 unspecified atom stereocenters. The molecule has 2 aromatic heterocycles. The summed E-state index contributed by atoms with van der Waals surface area (Å²) in [6.07, 6.45) is 0. The van der Waals surface area contributed by atoms with E-state index in [1.54, 1.807) is 37.4 Å². The average Bonchev–Trinajstić information content (AvgIpc) is 3.19. The molecule has 0 fully saturated rings. The molecule has 0 aliphatic carbocycles. The van der Waals surface area contributed by atoms with Gasteiger partial charge in [0.15, 0.2) is 5.76 Å². The van der Waals surface area contributed by atoms with E-state index in [0.717, 1.165) is 5.56 Å². The molecule has 4 rings (SSSR count). The highest BCUT2D eigenvalue weighted by Crippen LogP contribution is 2.32. The second-order valence-corrected chi connectivity index (χ2v) is 8.00. The minimum absolute atomic E-state index is 0.0125. The fourth-order valence-corrected chi connectivity index (χ4v) is 3.95. The highest BCUT2D eigenvalue weighted by atomic mass is 16.4. The van der Waals surface area contributed by atoms with E-state index in [1.807, 2.05) is 26.0 Å². The summed E-state index contributed by atoms with van der Waals surface area (Å²) in [5, 5.41) is 36.5. The summed E-state index contributed by atoms with van der Waals surface area (Å²) >= 11 is 0. The van der Waals surface area contributed by atoms with Crippen molar-refractivity contribution in [2.75, 3.05) is 5.32 Å². The molecule has 0 aliphatic heterocycles. The van der Waals surface area contributed by atoms with Crippen molar-refractivity contribution in [1.29, 1.82) is 5.26 Å². The van der Waals surface area contributed by atoms with Crippen LogP contribution >= 0.6 is 0 Å². The van der Waals surface area contributed by atoms with Crippen molar-refractivity contribution in [3.63, 3.8) is 0 Å². The number of hydrogen-bond donors (Lipinski definition) is 3. The molecule has 0 amide bonds. The Bertz CT molecular complexity index is 1530. The molecule has 172 valence electrons. The first-order chi connectivity index (χ1) is 16.2. The van der Waals surface area contributed by atoms with Gasteiger partial charge in [-0.05, 0) is 43.7 Å². The summed E-state index contributed by atoms with van der Waals surface area (Å²) in [5.41, 5.74) is 2.30. The third-order valence-corrected chi connectivity index (χ3v) is 5.64. The van der Waals surface area contributed by atoms with Gasteiger partial charge in [-0.3, -0.25) is 9.48 Å². The summed E-state index contributed by atoms with van der Waals surface area (Å²) < 4.78 is 7.60. The van der Waals surface area contributed by atoms with Crippen molar-refractivity contribution in [2.45, 2.75) is 26.5 Å². The SMILES string of the molecule is Cc1cc([C@@H](C)Nc2ccccc2C(=O)O)c2oc(-c3cc(CO)n(C)n3)c(C#N)c(=O)c2c1. The first-order valence-corrected chi connectivity index (χ1v) is 10.5. The lowest BCUT2D eigenvalue weighted by Crippen LogP contribution is -2.14. The van der Waals surface area contributed by atoms with Gasteiger partial charge < -0.3 is 19.9 Å². The van der Waals surface area contributed by atoms with Gasteiger partial charge in [-0.1, -0.05) is 18.2 Å². The maximum absolute atomic E-state index is 13.3. The third-order valence-electron chi connectivity index (χ3n) is 5.64. The number of aliphatic hydroxyl groups is 1. The van der Waals surface area contributed by atoms with E-state index in [0.29, 0.717) is 16.9 Å². The van der Waals surface area contributed by atoms with Crippen LogP contribution in [0.5, 0.6) is 0 Å². The number of fused-ring (bicyclic) bond motifs is 1. The van der Waals surface area contributed by atoms with Crippen LogP contribution in [0, 0.1) is 18.3 Å². The largest absolute Gasteiger partial charge is 0.478 e. The average molecular weight is 458 g/mol. The fourth-order valence-electron chi connectivity index (χ4n) is 3.95. The number of carboxylic acids is 1. The van der Waals surface area contributed by atoms with Crippen molar-refractivity contribution >= 4 is 22.6 Å². The van der Waals surface area contributed by atoms with Crippen LogP contribution in [0.1, 0.15) is 45.7 Å². The lowest BCUT2D eigenvalue weighted by molar-refractivity contribution is 0.0698. The van der Waals surface area contributed by atoms with E-state index in [9.17, 15) is 25.1 Å².